The summed E-state index contributed by atoms with van der Waals surface area (Å²) in [6.45, 7) is 7.58. The molecular weight excluding hydrogens is 999 g/mol. The number of nitrogens with zero attached hydrogens (tertiary/aromatic N) is 9. The summed E-state index contributed by atoms with van der Waals surface area (Å²) in [5.41, 5.74) is 14.8. The van der Waals surface area contributed by atoms with Gasteiger partial charge in [0.2, 0.25) is 17.7 Å². The smallest absolute Gasteiger partial charge is 0.255 e. The summed E-state index contributed by atoms with van der Waals surface area (Å²) in [5.74, 6) is 6.48. The molecule has 3 saturated heterocycles. The van der Waals surface area contributed by atoms with E-state index in [1.807, 2.05) is 93.1 Å². The third kappa shape index (κ3) is 11.2. The van der Waals surface area contributed by atoms with Crippen LogP contribution in [0.3, 0.4) is 0 Å². The summed E-state index contributed by atoms with van der Waals surface area (Å²) in [4.78, 5) is 48.3. The molecule has 20 heteroatoms. The zero-order chi connectivity index (χ0) is 53.2. The first-order valence-electron chi connectivity index (χ1n) is 25.9. The van der Waals surface area contributed by atoms with E-state index in [1.54, 1.807) is 41.8 Å². The molecule has 2 aromatic carbocycles. The second-order valence-electron chi connectivity index (χ2n) is 20.4. The first kappa shape index (κ1) is 50.9. The molecule has 77 heavy (non-hydrogen) atoms. The Hall–Kier alpha value is -8.28. The van der Waals surface area contributed by atoms with Crippen LogP contribution in [0.2, 0.25) is 0 Å². The highest BCUT2D eigenvalue weighted by molar-refractivity contribution is 7.13. The van der Waals surface area contributed by atoms with Crippen LogP contribution in [0.5, 0.6) is 23.3 Å². The number of amides is 2. The van der Waals surface area contributed by atoms with Crippen LogP contribution in [0.25, 0.3) is 21.7 Å². The van der Waals surface area contributed by atoms with Crippen molar-refractivity contribution >= 4 is 40.3 Å². The summed E-state index contributed by atoms with van der Waals surface area (Å²) >= 11 is 1.58. The fourth-order valence-corrected chi connectivity index (χ4v) is 11.6. The van der Waals surface area contributed by atoms with E-state index in [0.29, 0.717) is 53.0 Å². The van der Waals surface area contributed by atoms with Gasteiger partial charge in [-0.15, -0.1) is 21.5 Å². The average Bonchev–Trinajstić information content (AvgIpc) is 4.30. The monoisotopic (exact) mass is 1060 g/mol. The lowest BCUT2D eigenvalue weighted by atomic mass is 9.91. The van der Waals surface area contributed by atoms with Gasteiger partial charge in [0.15, 0.2) is 18.2 Å². The van der Waals surface area contributed by atoms with Crippen molar-refractivity contribution in [1.82, 2.24) is 40.5 Å². The highest BCUT2D eigenvalue weighted by Crippen LogP contribution is 2.41. The van der Waals surface area contributed by atoms with Crippen LogP contribution < -0.4 is 35.1 Å². The number of rotatable bonds is 16. The number of para-hydroxylation sites is 1. The van der Waals surface area contributed by atoms with Gasteiger partial charge in [-0.05, 0) is 84.3 Å². The van der Waals surface area contributed by atoms with E-state index in [-0.39, 0.29) is 79.8 Å². The van der Waals surface area contributed by atoms with Gasteiger partial charge in [0.25, 0.3) is 5.88 Å². The minimum atomic E-state index is -0.843. The lowest BCUT2D eigenvalue weighted by molar-refractivity contribution is -0.141. The molecule has 396 valence electrons. The van der Waals surface area contributed by atoms with E-state index in [4.69, 9.17) is 24.5 Å². The standard InChI is InChI=1S/C57H59N11O8S/c1-33(2)53(57(72)67-31-41(69)22-48(67)56(71)61-27-35-10-12-36(13-11-35)54-34(3)62-32-77-54)50-26-52(65-76-50)73-20-6-7-37-14-17-42(28-60-37)74-43-23-44(24-43)75-51-21-38(18-19-59-51)68-39-15-16-40(68)30-66(29-39)47-25-46(63-64-55(47)58)45-8-4-5-9-49(45)70/h4-5,8-14,17-19,21,25-26,28,32-33,39-41,43-44,48,53,69-70H,15-16,20,22-24,27,29-31H2,1-3H3,(H2,58,64)(H,61,71)/t39-,40?,41-,43?,44?,48+,53+/m1/s1. The minimum Gasteiger partial charge on any atom is -0.507 e. The average molecular weight is 1060 g/mol. The number of aryl methyl sites for hydroxylation is 1. The number of aliphatic hydroxyl groups excluding tert-OH is 1. The van der Waals surface area contributed by atoms with Crippen LogP contribution in [0.4, 0.5) is 17.2 Å². The molecule has 11 rings (SSSR count). The maximum absolute atomic E-state index is 14.1. The molecule has 5 aromatic heterocycles. The zero-order valence-electron chi connectivity index (χ0n) is 42.9. The van der Waals surface area contributed by atoms with Gasteiger partial charge in [-0.1, -0.05) is 56.2 Å². The van der Waals surface area contributed by atoms with Gasteiger partial charge in [-0.25, -0.2) is 15.0 Å². The van der Waals surface area contributed by atoms with Crippen molar-refractivity contribution in [3.05, 3.63) is 126 Å². The van der Waals surface area contributed by atoms with Crippen molar-refractivity contribution in [2.24, 2.45) is 5.92 Å². The number of nitrogen functional groups attached to an aromatic ring is 1. The molecule has 1 saturated carbocycles. The Labute approximate surface area is 449 Å². The summed E-state index contributed by atoms with van der Waals surface area (Å²) in [6.07, 6.45) is 6.20. The molecule has 2 bridgehead atoms. The first-order chi connectivity index (χ1) is 37.4. The number of carbonyl (C=O) groups is 2. The number of thiazole rings is 1. The number of phenolic OH excluding ortho intramolecular Hbond substituents is 1. The van der Waals surface area contributed by atoms with E-state index >= 15 is 0 Å². The van der Waals surface area contributed by atoms with E-state index < -0.39 is 18.1 Å². The topological polar surface area (TPSA) is 241 Å². The van der Waals surface area contributed by atoms with Crippen molar-refractivity contribution in [3.63, 3.8) is 0 Å². The van der Waals surface area contributed by atoms with Crippen molar-refractivity contribution in [2.45, 2.75) is 102 Å². The summed E-state index contributed by atoms with van der Waals surface area (Å²) < 4.78 is 23.9. The Morgan fingerprint density at radius 1 is 0.909 bits per heavy atom. The quantitative estimate of drug-likeness (QED) is 0.0717. The van der Waals surface area contributed by atoms with Gasteiger partial charge in [-0.3, -0.25) is 9.59 Å². The molecule has 4 aliphatic rings. The van der Waals surface area contributed by atoms with E-state index in [1.165, 1.54) is 4.90 Å². The molecule has 8 heterocycles. The first-order valence-corrected chi connectivity index (χ1v) is 26.8. The zero-order valence-corrected chi connectivity index (χ0v) is 43.7. The fraction of sp³-hybridized carbons (Fsp3) is 0.368. The number of carbonyl (C=O) groups excluding carboxylic acids is 2. The molecular formula is C57H59N11O8S. The van der Waals surface area contributed by atoms with Crippen molar-refractivity contribution in [2.75, 3.05) is 41.8 Å². The predicted octanol–water partition coefficient (Wildman–Crippen LogP) is 6.94. The lowest BCUT2D eigenvalue weighted by Gasteiger charge is -2.43. The van der Waals surface area contributed by atoms with Crippen LogP contribution in [0, 0.1) is 24.7 Å². The highest BCUT2D eigenvalue weighted by Gasteiger charge is 2.44. The van der Waals surface area contributed by atoms with Gasteiger partial charge >= 0.3 is 0 Å². The summed E-state index contributed by atoms with van der Waals surface area (Å²) in [6, 6.07) is 25.9. The Morgan fingerprint density at radius 3 is 2.44 bits per heavy atom. The maximum Gasteiger partial charge on any atom is 0.255 e. The SMILES string of the molecule is Cc1ncsc1-c1ccc(CNC(=O)[C@@H]2C[C@@H](O)CN2C(=O)[C@H](c2cc(OCC#Cc3ccc(OC4CC(Oc5cc(N6C7CC[C@@H]6CN(c6cc(-c8ccccc8O)nnc6N)C7)ccn5)C4)cn3)no2)C(C)C)cc1. The lowest BCUT2D eigenvalue weighted by Crippen LogP contribution is -2.54. The van der Waals surface area contributed by atoms with E-state index in [2.05, 4.69) is 57.3 Å². The minimum absolute atomic E-state index is 0.0111. The van der Waals surface area contributed by atoms with Crippen LogP contribution in [0.15, 0.2) is 107 Å². The van der Waals surface area contributed by atoms with Gasteiger partial charge in [0.05, 0.1) is 39.8 Å². The molecule has 1 unspecified atom stereocenters. The van der Waals surface area contributed by atoms with Crippen LogP contribution >= 0.6 is 11.3 Å². The van der Waals surface area contributed by atoms with E-state index in [9.17, 15) is 19.8 Å². The number of pyridine rings is 2. The molecule has 19 nitrogen and oxygen atoms in total. The number of hydrogen-bond acceptors (Lipinski definition) is 18. The van der Waals surface area contributed by atoms with Crippen molar-refractivity contribution < 1.29 is 38.5 Å². The largest absolute Gasteiger partial charge is 0.507 e. The Balaban J connectivity index is 0.623. The Kier molecular flexibility index (Phi) is 14.6. The number of aromatic nitrogens is 6. The summed E-state index contributed by atoms with van der Waals surface area (Å²) in [7, 11) is 0. The third-order valence-corrected chi connectivity index (χ3v) is 15.7. The number of fused-ring (bicyclic) bond motifs is 2. The number of aliphatic hydroxyl groups is 1. The predicted molar refractivity (Wildman–Crippen MR) is 288 cm³/mol. The number of benzene rings is 2. The molecule has 5 N–H and O–H groups in total. The number of nitrogens with one attached hydrogen (secondary N) is 1. The second kappa shape index (κ2) is 22.1. The number of phenols is 1. The molecule has 7 aromatic rings. The van der Waals surface area contributed by atoms with Gasteiger partial charge < -0.3 is 54.7 Å². The molecule has 5 atom stereocenters. The number of anilines is 3. The number of ether oxygens (including phenoxy) is 3. The Morgan fingerprint density at radius 2 is 1.70 bits per heavy atom. The van der Waals surface area contributed by atoms with Crippen LogP contribution in [0.1, 0.15) is 74.6 Å². The van der Waals surface area contributed by atoms with Crippen molar-refractivity contribution in [1.29, 1.82) is 0 Å². The number of nitrogens with two attached hydrogens (primary N) is 1. The number of piperazine rings is 1. The normalized spacial score (nSPS) is 21.0. The fourth-order valence-electron chi connectivity index (χ4n) is 10.8. The van der Waals surface area contributed by atoms with Crippen molar-refractivity contribution in [3.8, 4) is 56.8 Å². The van der Waals surface area contributed by atoms with Crippen LogP contribution in [-0.2, 0) is 16.1 Å². The van der Waals surface area contributed by atoms with Gasteiger partial charge in [-0.2, -0.15) is 0 Å². The highest BCUT2D eigenvalue weighted by atomic mass is 32.1. The molecule has 0 spiro atoms. The Bertz CT molecular complexity index is 3290. The maximum atomic E-state index is 14.1. The second-order valence-corrected chi connectivity index (χ2v) is 21.2. The number of likely N-dealkylation sites (tertiary alicyclic amines) is 1. The van der Waals surface area contributed by atoms with Crippen LogP contribution in [-0.4, -0.2) is 120 Å². The molecule has 4 fully saturated rings. The molecule has 2 amide bonds. The number of hydrogen-bond donors (Lipinski definition) is 4. The third-order valence-electron chi connectivity index (χ3n) is 14.7. The molecule has 3 aliphatic heterocycles. The number of aromatic hydroxyl groups is 1. The summed E-state index contributed by atoms with van der Waals surface area (Å²) in [5, 5.41) is 36.6. The number of β-amino-alcohol motifs (C(OH)–C–C–N with tert-alkyl or cyclic N) is 1. The van der Waals surface area contributed by atoms with E-state index in [0.717, 1.165) is 59.0 Å². The molecule has 1 aliphatic carbocycles. The van der Waals surface area contributed by atoms with Gasteiger partial charge in [0, 0.05) is 87.1 Å². The van der Waals surface area contributed by atoms with Gasteiger partial charge in [0.1, 0.15) is 41.4 Å². The molecule has 0 radical (unpaired) electrons.